The predicted molar refractivity (Wildman–Crippen MR) is 108 cm³/mol. The van der Waals surface area contributed by atoms with E-state index in [1.54, 1.807) is 13.3 Å². The molecular formula is C22H31N3O3. The van der Waals surface area contributed by atoms with E-state index in [1.165, 1.54) is 11.1 Å². The summed E-state index contributed by atoms with van der Waals surface area (Å²) in [6.07, 6.45) is 6.28. The molecule has 6 heteroatoms. The Labute approximate surface area is 167 Å². The SMILES string of the molecule is CCOC(=O)[C@@]1(CCOC)CCCN(Cc2cc(C)ccc2-n2cccn2)C1. The van der Waals surface area contributed by atoms with Crippen molar-refractivity contribution >= 4 is 5.97 Å². The van der Waals surface area contributed by atoms with Gasteiger partial charge in [0.25, 0.3) is 0 Å². The minimum Gasteiger partial charge on any atom is -0.466 e. The van der Waals surface area contributed by atoms with Crippen molar-refractivity contribution in [3.63, 3.8) is 0 Å². The molecule has 0 aliphatic carbocycles. The van der Waals surface area contributed by atoms with E-state index < -0.39 is 5.41 Å². The quantitative estimate of drug-likeness (QED) is 0.652. The molecule has 1 fully saturated rings. The van der Waals surface area contributed by atoms with E-state index >= 15 is 0 Å². The smallest absolute Gasteiger partial charge is 0.313 e. The lowest BCUT2D eigenvalue weighted by Gasteiger charge is -2.41. The highest BCUT2D eigenvalue weighted by atomic mass is 16.5. The summed E-state index contributed by atoms with van der Waals surface area (Å²) in [7, 11) is 1.68. The third-order valence-electron chi connectivity index (χ3n) is 5.53. The van der Waals surface area contributed by atoms with Gasteiger partial charge in [0.05, 0.1) is 17.7 Å². The summed E-state index contributed by atoms with van der Waals surface area (Å²) in [5.74, 6) is -0.0895. The van der Waals surface area contributed by atoms with Crippen molar-refractivity contribution in [2.45, 2.75) is 39.7 Å². The van der Waals surface area contributed by atoms with Gasteiger partial charge in [-0.2, -0.15) is 5.10 Å². The zero-order valence-corrected chi connectivity index (χ0v) is 17.2. The second kappa shape index (κ2) is 9.34. The maximum atomic E-state index is 12.8. The molecule has 6 nitrogen and oxygen atoms in total. The molecule has 0 spiro atoms. The predicted octanol–water partition coefficient (Wildman–Crippen LogP) is 3.36. The van der Waals surface area contributed by atoms with Crippen molar-refractivity contribution in [2.75, 3.05) is 33.4 Å². The molecule has 152 valence electrons. The summed E-state index contributed by atoms with van der Waals surface area (Å²) in [5.41, 5.74) is 3.04. The highest BCUT2D eigenvalue weighted by Gasteiger charge is 2.43. The molecule has 1 saturated heterocycles. The van der Waals surface area contributed by atoms with Crippen molar-refractivity contribution < 1.29 is 14.3 Å². The van der Waals surface area contributed by atoms with Crippen molar-refractivity contribution in [2.24, 2.45) is 5.41 Å². The standard InChI is InChI=1S/C22H31N3O3/c1-4-28-21(26)22(10-14-27-3)9-5-12-24(17-22)16-19-15-18(2)7-8-20(19)25-13-6-11-23-25/h6-8,11,13,15H,4-5,9-10,12,14,16-17H2,1-3H3/t22-/m1/s1. The van der Waals surface area contributed by atoms with Crippen LogP contribution in [0.4, 0.5) is 0 Å². The van der Waals surface area contributed by atoms with Gasteiger partial charge in [0.2, 0.25) is 0 Å². The molecule has 0 unspecified atom stereocenters. The van der Waals surface area contributed by atoms with Crippen LogP contribution in [0.1, 0.15) is 37.3 Å². The summed E-state index contributed by atoms with van der Waals surface area (Å²) >= 11 is 0. The third-order valence-corrected chi connectivity index (χ3v) is 5.53. The van der Waals surface area contributed by atoms with Crippen molar-refractivity contribution in [1.29, 1.82) is 0 Å². The number of aryl methyl sites for hydroxylation is 1. The minimum atomic E-state index is -0.486. The van der Waals surface area contributed by atoms with Crippen LogP contribution < -0.4 is 0 Å². The minimum absolute atomic E-state index is 0.0895. The molecule has 1 atom stereocenters. The average Bonchev–Trinajstić information content (AvgIpc) is 3.21. The average molecular weight is 386 g/mol. The molecule has 1 aromatic carbocycles. The lowest BCUT2D eigenvalue weighted by Crippen LogP contribution is -2.48. The highest BCUT2D eigenvalue weighted by Crippen LogP contribution is 2.36. The third kappa shape index (κ3) is 4.62. The molecule has 3 rings (SSSR count). The number of aromatic nitrogens is 2. The van der Waals surface area contributed by atoms with Crippen LogP contribution in [0.2, 0.25) is 0 Å². The van der Waals surface area contributed by atoms with E-state index in [1.807, 2.05) is 23.9 Å². The molecule has 0 radical (unpaired) electrons. The fraction of sp³-hybridized carbons (Fsp3) is 0.545. The zero-order valence-electron chi connectivity index (χ0n) is 17.2. The number of piperidine rings is 1. The number of methoxy groups -OCH3 is 1. The first-order valence-corrected chi connectivity index (χ1v) is 10.1. The Morgan fingerprint density at radius 3 is 2.93 bits per heavy atom. The molecule has 2 heterocycles. The molecule has 1 aliphatic heterocycles. The van der Waals surface area contributed by atoms with Gasteiger partial charge in [-0.3, -0.25) is 9.69 Å². The Morgan fingerprint density at radius 1 is 1.36 bits per heavy atom. The molecule has 2 aromatic rings. The Kier molecular flexibility index (Phi) is 6.86. The Morgan fingerprint density at radius 2 is 2.21 bits per heavy atom. The molecular weight excluding hydrogens is 354 g/mol. The van der Waals surface area contributed by atoms with Gasteiger partial charge >= 0.3 is 5.97 Å². The first kappa shape index (κ1) is 20.6. The number of nitrogens with zero attached hydrogens (tertiary/aromatic N) is 3. The van der Waals surface area contributed by atoms with Gasteiger partial charge in [-0.1, -0.05) is 17.7 Å². The Hall–Kier alpha value is -2.18. The monoisotopic (exact) mass is 385 g/mol. The van der Waals surface area contributed by atoms with Crippen LogP contribution in [-0.4, -0.2) is 54.1 Å². The Bertz CT molecular complexity index is 775. The molecule has 0 N–H and O–H groups in total. The van der Waals surface area contributed by atoms with Crippen molar-refractivity contribution in [1.82, 2.24) is 14.7 Å². The van der Waals surface area contributed by atoms with Gasteiger partial charge in [0.1, 0.15) is 0 Å². The Balaban J connectivity index is 1.82. The van der Waals surface area contributed by atoms with Crippen molar-refractivity contribution in [3.05, 3.63) is 47.8 Å². The molecule has 1 aromatic heterocycles. The molecule has 0 saturated carbocycles. The van der Waals surface area contributed by atoms with Gasteiger partial charge in [-0.15, -0.1) is 0 Å². The second-order valence-corrected chi connectivity index (χ2v) is 7.64. The maximum absolute atomic E-state index is 12.8. The van der Waals surface area contributed by atoms with E-state index in [4.69, 9.17) is 9.47 Å². The van der Waals surface area contributed by atoms with E-state index in [0.717, 1.165) is 31.6 Å². The van der Waals surface area contributed by atoms with E-state index in [0.29, 0.717) is 26.2 Å². The number of benzene rings is 1. The lowest BCUT2D eigenvalue weighted by molar-refractivity contribution is -0.160. The van der Waals surface area contributed by atoms with Crippen molar-refractivity contribution in [3.8, 4) is 5.69 Å². The fourth-order valence-electron chi connectivity index (χ4n) is 4.13. The number of hydrogen-bond acceptors (Lipinski definition) is 5. The number of carbonyl (C=O) groups is 1. The van der Waals surface area contributed by atoms with Gasteiger partial charge in [0, 0.05) is 39.2 Å². The topological polar surface area (TPSA) is 56.6 Å². The van der Waals surface area contributed by atoms with Crippen LogP contribution in [-0.2, 0) is 20.8 Å². The number of esters is 1. The van der Waals surface area contributed by atoms with E-state index in [9.17, 15) is 4.79 Å². The van der Waals surface area contributed by atoms with Crippen LogP contribution in [0.15, 0.2) is 36.7 Å². The lowest BCUT2D eigenvalue weighted by atomic mass is 9.77. The summed E-state index contributed by atoms with van der Waals surface area (Å²) < 4.78 is 12.6. The fourth-order valence-corrected chi connectivity index (χ4v) is 4.13. The van der Waals surface area contributed by atoms with Gasteiger partial charge in [0.15, 0.2) is 0 Å². The molecule has 0 amide bonds. The summed E-state index contributed by atoms with van der Waals surface area (Å²) in [5, 5.41) is 4.40. The largest absolute Gasteiger partial charge is 0.466 e. The molecule has 28 heavy (non-hydrogen) atoms. The number of hydrogen-bond donors (Lipinski definition) is 0. The first-order valence-electron chi connectivity index (χ1n) is 10.1. The van der Waals surface area contributed by atoms with Crippen LogP contribution in [0.5, 0.6) is 0 Å². The first-order chi connectivity index (χ1) is 13.6. The highest BCUT2D eigenvalue weighted by molar-refractivity contribution is 5.77. The van der Waals surface area contributed by atoms with Gasteiger partial charge in [-0.25, -0.2) is 4.68 Å². The van der Waals surface area contributed by atoms with Gasteiger partial charge in [-0.05, 0) is 57.4 Å². The van der Waals surface area contributed by atoms with E-state index in [-0.39, 0.29) is 5.97 Å². The van der Waals surface area contributed by atoms with Crippen LogP contribution >= 0.6 is 0 Å². The second-order valence-electron chi connectivity index (χ2n) is 7.64. The summed E-state index contributed by atoms with van der Waals surface area (Å²) in [6.45, 7) is 7.40. The molecule has 0 bridgehead atoms. The zero-order chi connectivity index (χ0) is 20.0. The van der Waals surface area contributed by atoms with Crippen LogP contribution in [0.3, 0.4) is 0 Å². The van der Waals surface area contributed by atoms with Crippen LogP contribution in [0.25, 0.3) is 5.69 Å². The number of rotatable bonds is 8. The summed E-state index contributed by atoms with van der Waals surface area (Å²) in [6, 6.07) is 8.37. The van der Waals surface area contributed by atoms with E-state index in [2.05, 4.69) is 35.1 Å². The number of likely N-dealkylation sites (tertiary alicyclic amines) is 1. The summed E-state index contributed by atoms with van der Waals surface area (Å²) in [4.78, 5) is 15.2. The molecule has 1 aliphatic rings. The van der Waals surface area contributed by atoms with Gasteiger partial charge < -0.3 is 9.47 Å². The van der Waals surface area contributed by atoms with Crippen LogP contribution in [0, 0.1) is 12.3 Å². The maximum Gasteiger partial charge on any atom is 0.313 e. The number of carbonyl (C=O) groups excluding carboxylic acids is 1. The normalized spacial score (nSPS) is 20.2. The number of ether oxygens (including phenoxy) is 2.